The summed E-state index contributed by atoms with van der Waals surface area (Å²) in [6, 6.07) is 9.57. The molecule has 10 heteroatoms. The van der Waals surface area contributed by atoms with Crippen LogP contribution in [0.2, 0.25) is 0 Å². The Hall–Kier alpha value is -3.53. The average Bonchev–Trinajstić information content (AvgIpc) is 3.27. The van der Waals surface area contributed by atoms with Gasteiger partial charge in [0.15, 0.2) is 5.69 Å². The Morgan fingerprint density at radius 3 is 2.55 bits per heavy atom. The van der Waals surface area contributed by atoms with E-state index >= 15 is 0 Å². The molecule has 0 aliphatic carbocycles. The third kappa shape index (κ3) is 3.81. The first-order valence-electron chi connectivity index (χ1n) is 10.2. The number of nitrogens with zero attached hydrogens (tertiary/aromatic N) is 7. The van der Waals surface area contributed by atoms with Gasteiger partial charge in [0.1, 0.15) is 11.9 Å². The van der Waals surface area contributed by atoms with E-state index in [1.165, 1.54) is 0 Å². The second-order valence-corrected chi connectivity index (χ2v) is 7.47. The van der Waals surface area contributed by atoms with E-state index in [-0.39, 0.29) is 12.0 Å². The van der Waals surface area contributed by atoms with Gasteiger partial charge in [-0.25, -0.2) is 14.6 Å². The lowest BCUT2D eigenvalue weighted by atomic mass is 10.1. The fourth-order valence-corrected chi connectivity index (χ4v) is 3.91. The highest BCUT2D eigenvalue weighted by atomic mass is 16.5. The summed E-state index contributed by atoms with van der Waals surface area (Å²) in [5.74, 6) is 1.38. The van der Waals surface area contributed by atoms with Gasteiger partial charge in [-0.2, -0.15) is 0 Å². The van der Waals surface area contributed by atoms with E-state index in [1.54, 1.807) is 35.2 Å². The van der Waals surface area contributed by atoms with E-state index < -0.39 is 0 Å². The molecule has 0 spiro atoms. The zero-order valence-electron chi connectivity index (χ0n) is 17.2. The van der Waals surface area contributed by atoms with Crippen molar-refractivity contribution in [2.24, 2.45) is 0 Å². The Kier molecular flexibility index (Phi) is 5.21. The first-order valence-corrected chi connectivity index (χ1v) is 10.2. The van der Waals surface area contributed by atoms with E-state index in [0.29, 0.717) is 51.0 Å². The molecule has 160 valence electrons. The number of piperazine rings is 1. The zero-order chi connectivity index (χ0) is 21.2. The number of benzene rings is 1. The maximum atomic E-state index is 13.1. The molecule has 2 aromatic heterocycles. The van der Waals surface area contributed by atoms with Crippen molar-refractivity contribution in [3.8, 4) is 5.75 Å². The number of hydrogen-bond donors (Lipinski definition) is 0. The Labute approximate surface area is 179 Å². The molecule has 31 heavy (non-hydrogen) atoms. The van der Waals surface area contributed by atoms with Gasteiger partial charge in [-0.3, -0.25) is 4.79 Å². The molecular weight excluding hydrogens is 398 g/mol. The summed E-state index contributed by atoms with van der Waals surface area (Å²) in [7, 11) is 1.64. The summed E-state index contributed by atoms with van der Waals surface area (Å²) in [5, 5.41) is 8.42. The Bertz CT molecular complexity index is 1050. The van der Waals surface area contributed by atoms with Gasteiger partial charge < -0.3 is 19.3 Å². The summed E-state index contributed by atoms with van der Waals surface area (Å²) in [5.41, 5.74) is 2.13. The Morgan fingerprint density at radius 1 is 1.10 bits per heavy atom. The average molecular weight is 421 g/mol. The molecule has 1 aromatic carbocycles. The number of carbonyl (C=O) groups excluding carboxylic acids is 1. The maximum absolute atomic E-state index is 13.1. The lowest BCUT2D eigenvalue weighted by molar-refractivity contribution is -0.00198. The van der Waals surface area contributed by atoms with Crippen molar-refractivity contribution >= 4 is 11.9 Å². The van der Waals surface area contributed by atoms with Crippen LogP contribution in [0, 0.1) is 0 Å². The van der Waals surface area contributed by atoms with E-state index in [4.69, 9.17) is 9.47 Å². The van der Waals surface area contributed by atoms with Crippen LogP contribution >= 0.6 is 0 Å². The first kappa shape index (κ1) is 19.4. The summed E-state index contributed by atoms with van der Waals surface area (Å²) in [6.45, 7) is 3.33. The summed E-state index contributed by atoms with van der Waals surface area (Å²) < 4.78 is 13.0. The van der Waals surface area contributed by atoms with Crippen LogP contribution < -0.4 is 9.64 Å². The van der Waals surface area contributed by atoms with Crippen molar-refractivity contribution in [3.05, 3.63) is 59.7 Å². The lowest BCUT2D eigenvalue weighted by Crippen LogP contribution is -2.49. The second-order valence-electron chi connectivity index (χ2n) is 7.47. The van der Waals surface area contributed by atoms with Crippen molar-refractivity contribution in [2.75, 3.05) is 38.2 Å². The summed E-state index contributed by atoms with van der Waals surface area (Å²) in [4.78, 5) is 25.5. The predicted molar refractivity (Wildman–Crippen MR) is 111 cm³/mol. The molecule has 1 atom stereocenters. The highest BCUT2D eigenvalue weighted by Crippen LogP contribution is 2.28. The SMILES string of the molecule is COc1ccc(C2Cn3nnc(C(=O)N4CCN(c5ncccn5)CC4)c3CO2)cc1. The Morgan fingerprint density at radius 2 is 1.84 bits per heavy atom. The molecule has 1 unspecified atom stereocenters. The number of methoxy groups -OCH3 is 1. The smallest absolute Gasteiger partial charge is 0.276 e. The fraction of sp³-hybridized carbons (Fsp3) is 0.381. The van der Waals surface area contributed by atoms with Gasteiger partial charge in [-0.15, -0.1) is 5.10 Å². The molecule has 0 saturated carbocycles. The molecule has 0 bridgehead atoms. The minimum atomic E-state index is -0.141. The van der Waals surface area contributed by atoms with Gasteiger partial charge in [0.2, 0.25) is 5.95 Å². The molecular formula is C21H23N7O3. The number of ether oxygens (including phenoxy) is 2. The highest BCUT2D eigenvalue weighted by molar-refractivity contribution is 5.93. The molecule has 10 nitrogen and oxygen atoms in total. The zero-order valence-corrected chi connectivity index (χ0v) is 17.2. The van der Waals surface area contributed by atoms with Crippen molar-refractivity contribution in [3.63, 3.8) is 0 Å². The quantitative estimate of drug-likeness (QED) is 0.622. The molecule has 1 amide bonds. The van der Waals surface area contributed by atoms with Crippen LogP contribution in [0.15, 0.2) is 42.7 Å². The number of hydrogen-bond acceptors (Lipinski definition) is 8. The Balaban J connectivity index is 1.25. The van der Waals surface area contributed by atoms with Crippen LogP contribution in [0.1, 0.15) is 27.8 Å². The molecule has 3 aromatic rings. The molecule has 2 aliphatic heterocycles. The molecule has 0 radical (unpaired) electrons. The molecule has 5 rings (SSSR count). The third-order valence-electron chi connectivity index (χ3n) is 5.69. The maximum Gasteiger partial charge on any atom is 0.276 e. The van der Waals surface area contributed by atoms with Crippen molar-refractivity contribution < 1.29 is 14.3 Å². The monoisotopic (exact) mass is 421 g/mol. The van der Waals surface area contributed by atoms with E-state index in [1.807, 2.05) is 24.3 Å². The number of rotatable bonds is 4. The predicted octanol–water partition coefficient (Wildman–Crippen LogP) is 1.31. The highest BCUT2D eigenvalue weighted by Gasteiger charge is 2.31. The van der Waals surface area contributed by atoms with Crippen molar-refractivity contribution in [2.45, 2.75) is 19.3 Å². The second kappa shape index (κ2) is 8.31. The van der Waals surface area contributed by atoms with E-state index in [0.717, 1.165) is 17.0 Å². The van der Waals surface area contributed by atoms with Gasteiger partial charge in [-0.1, -0.05) is 17.3 Å². The van der Waals surface area contributed by atoms with Gasteiger partial charge in [0.05, 0.1) is 26.0 Å². The number of carbonyl (C=O) groups is 1. The lowest BCUT2D eigenvalue weighted by Gasteiger charge is -2.34. The normalized spacial score (nSPS) is 18.5. The van der Waals surface area contributed by atoms with Crippen LogP contribution in [-0.4, -0.2) is 69.1 Å². The standard InChI is InChI=1S/C21H23N7O3/c1-30-16-5-3-15(4-6-16)18-13-28-17(14-31-18)19(24-25-28)20(29)26-9-11-27(12-10-26)21-22-7-2-8-23-21/h2-8,18H,9-14H2,1H3. The summed E-state index contributed by atoms with van der Waals surface area (Å²) in [6.07, 6.45) is 3.31. The summed E-state index contributed by atoms with van der Waals surface area (Å²) >= 11 is 0. The first-order chi connectivity index (χ1) is 15.2. The van der Waals surface area contributed by atoms with Gasteiger partial charge in [0, 0.05) is 38.6 Å². The van der Waals surface area contributed by atoms with Crippen molar-refractivity contribution in [1.82, 2.24) is 29.9 Å². The molecule has 2 aliphatic rings. The van der Waals surface area contributed by atoms with E-state index in [9.17, 15) is 4.79 Å². The number of amides is 1. The topological polar surface area (TPSA) is 98.5 Å². The largest absolute Gasteiger partial charge is 0.497 e. The molecule has 0 N–H and O–H groups in total. The minimum Gasteiger partial charge on any atom is -0.497 e. The third-order valence-corrected chi connectivity index (χ3v) is 5.69. The van der Waals surface area contributed by atoms with Crippen molar-refractivity contribution in [1.29, 1.82) is 0 Å². The van der Waals surface area contributed by atoms with Crippen LogP contribution in [0.4, 0.5) is 5.95 Å². The molecule has 1 saturated heterocycles. The van der Waals surface area contributed by atoms with Crippen LogP contribution in [0.25, 0.3) is 0 Å². The fourth-order valence-electron chi connectivity index (χ4n) is 3.91. The van der Waals surface area contributed by atoms with E-state index in [2.05, 4.69) is 25.2 Å². The van der Waals surface area contributed by atoms with Gasteiger partial charge in [0.25, 0.3) is 5.91 Å². The molecule has 1 fully saturated rings. The van der Waals surface area contributed by atoms with Gasteiger partial charge in [-0.05, 0) is 23.8 Å². The number of fused-ring (bicyclic) bond motifs is 1. The van der Waals surface area contributed by atoms with Crippen LogP contribution in [-0.2, 0) is 17.9 Å². The van der Waals surface area contributed by atoms with Crippen LogP contribution in [0.5, 0.6) is 5.75 Å². The minimum absolute atomic E-state index is 0.110. The van der Waals surface area contributed by atoms with Crippen LogP contribution in [0.3, 0.4) is 0 Å². The van der Waals surface area contributed by atoms with Gasteiger partial charge >= 0.3 is 0 Å². The number of anilines is 1. The molecule has 4 heterocycles. The number of aromatic nitrogens is 5.